The van der Waals surface area contributed by atoms with Crippen molar-refractivity contribution in [2.75, 3.05) is 0 Å². The van der Waals surface area contributed by atoms with Crippen LogP contribution in [0.3, 0.4) is 0 Å². The highest BCUT2D eigenvalue weighted by molar-refractivity contribution is 5.99. The van der Waals surface area contributed by atoms with E-state index in [-0.39, 0.29) is 11.8 Å². The van der Waals surface area contributed by atoms with E-state index < -0.39 is 0 Å². The lowest BCUT2D eigenvalue weighted by atomic mass is 10.2. The second-order valence-electron chi connectivity index (χ2n) is 5.92. The lowest BCUT2D eigenvalue weighted by molar-refractivity contribution is 0.0846. The van der Waals surface area contributed by atoms with Crippen molar-refractivity contribution in [1.29, 1.82) is 0 Å². The molecule has 0 radical (unpaired) electrons. The Hall–Kier alpha value is -3.93. The van der Waals surface area contributed by atoms with Crippen LogP contribution in [0.1, 0.15) is 20.7 Å². The van der Waals surface area contributed by atoms with Crippen LogP contribution < -0.4 is 10.9 Å². The maximum atomic E-state index is 12.2. The fourth-order valence-electron chi connectivity index (χ4n) is 2.79. The van der Waals surface area contributed by atoms with Crippen LogP contribution in [0, 0.1) is 0 Å². The van der Waals surface area contributed by atoms with E-state index in [1.807, 2.05) is 47.0 Å². The molecule has 1 heterocycles. The number of carbonyl (C=O) groups is 2. The molecule has 2 amide bonds. The lowest BCUT2D eigenvalue weighted by Gasteiger charge is -2.09. The Morgan fingerprint density at radius 3 is 2.00 bits per heavy atom. The van der Waals surface area contributed by atoms with Crippen LogP contribution in [0.25, 0.3) is 16.7 Å². The van der Waals surface area contributed by atoms with Gasteiger partial charge in [-0.3, -0.25) is 25.0 Å². The molecule has 6 nitrogen and oxygen atoms in total. The Kier molecular flexibility index (Phi) is 4.37. The number of hydrogen-bond acceptors (Lipinski definition) is 3. The number of nitrogens with one attached hydrogen (secondary N) is 2. The number of hydrogen-bond donors (Lipinski definition) is 2. The van der Waals surface area contributed by atoms with E-state index in [4.69, 9.17) is 0 Å². The van der Waals surface area contributed by atoms with Gasteiger partial charge in [0.05, 0.1) is 11.0 Å². The summed E-state index contributed by atoms with van der Waals surface area (Å²) in [6, 6.07) is 23.6. The average Bonchev–Trinajstić information content (AvgIpc) is 3.16. The minimum absolute atomic E-state index is 0.370. The van der Waals surface area contributed by atoms with Gasteiger partial charge in [0.25, 0.3) is 11.8 Å². The summed E-state index contributed by atoms with van der Waals surface area (Å²) >= 11 is 0. The van der Waals surface area contributed by atoms with Gasteiger partial charge >= 0.3 is 0 Å². The summed E-state index contributed by atoms with van der Waals surface area (Å²) in [5.41, 5.74) is 8.54. The van der Waals surface area contributed by atoms with Crippen LogP contribution in [-0.4, -0.2) is 21.4 Å². The molecule has 4 aromatic rings. The number of nitrogens with zero attached hydrogens (tertiary/aromatic N) is 2. The van der Waals surface area contributed by atoms with Crippen LogP contribution in [0.15, 0.2) is 85.2 Å². The number of para-hydroxylation sites is 2. The number of aromatic nitrogens is 2. The zero-order chi connectivity index (χ0) is 18.6. The van der Waals surface area contributed by atoms with Gasteiger partial charge in [-0.25, -0.2) is 4.98 Å². The molecule has 4 rings (SSSR count). The molecule has 0 aliphatic rings. The van der Waals surface area contributed by atoms with E-state index in [2.05, 4.69) is 15.8 Å². The van der Waals surface area contributed by atoms with Crippen LogP contribution in [0.5, 0.6) is 0 Å². The summed E-state index contributed by atoms with van der Waals surface area (Å²) in [4.78, 5) is 28.6. The van der Waals surface area contributed by atoms with Crippen molar-refractivity contribution < 1.29 is 9.59 Å². The van der Waals surface area contributed by atoms with Gasteiger partial charge in [-0.1, -0.05) is 30.3 Å². The van der Waals surface area contributed by atoms with Crippen molar-refractivity contribution in [3.8, 4) is 5.69 Å². The van der Waals surface area contributed by atoms with Crippen LogP contribution >= 0.6 is 0 Å². The molecule has 1 aromatic heterocycles. The van der Waals surface area contributed by atoms with Crippen molar-refractivity contribution in [2.24, 2.45) is 0 Å². The maximum Gasteiger partial charge on any atom is 0.269 e. The highest BCUT2D eigenvalue weighted by Gasteiger charge is 2.10. The Morgan fingerprint density at radius 1 is 0.704 bits per heavy atom. The topological polar surface area (TPSA) is 76.0 Å². The van der Waals surface area contributed by atoms with Crippen LogP contribution in [0.4, 0.5) is 0 Å². The van der Waals surface area contributed by atoms with Crippen molar-refractivity contribution >= 4 is 22.8 Å². The summed E-state index contributed by atoms with van der Waals surface area (Å²) < 4.78 is 1.95. The SMILES string of the molecule is O=C(NNC(=O)c1ccc(-n2cnc3ccccc32)cc1)c1ccccc1. The van der Waals surface area contributed by atoms with Gasteiger partial charge in [0.2, 0.25) is 0 Å². The first kappa shape index (κ1) is 16.5. The van der Waals surface area contributed by atoms with Gasteiger partial charge in [-0.15, -0.1) is 0 Å². The maximum absolute atomic E-state index is 12.2. The molecule has 0 fully saturated rings. The third kappa shape index (κ3) is 3.41. The molecule has 0 spiro atoms. The molecule has 0 aliphatic heterocycles. The fourth-order valence-corrected chi connectivity index (χ4v) is 2.79. The number of hydrazine groups is 1. The molecule has 0 aliphatic carbocycles. The predicted octanol–water partition coefficient (Wildman–Crippen LogP) is 3.10. The number of imidazole rings is 1. The Morgan fingerprint density at radius 2 is 1.30 bits per heavy atom. The molecule has 3 aromatic carbocycles. The first-order valence-electron chi connectivity index (χ1n) is 8.40. The Bertz CT molecular complexity index is 1100. The molecule has 27 heavy (non-hydrogen) atoms. The van der Waals surface area contributed by atoms with E-state index in [0.29, 0.717) is 11.1 Å². The number of carbonyl (C=O) groups excluding carboxylic acids is 2. The quantitative estimate of drug-likeness (QED) is 0.554. The monoisotopic (exact) mass is 356 g/mol. The van der Waals surface area contributed by atoms with Crippen LogP contribution in [0.2, 0.25) is 0 Å². The lowest BCUT2D eigenvalue weighted by Crippen LogP contribution is -2.41. The number of fused-ring (bicyclic) bond motifs is 1. The summed E-state index contributed by atoms with van der Waals surface area (Å²) in [5, 5.41) is 0. The van der Waals surface area contributed by atoms with Gasteiger partial charge in [0.1, 0.15) is 6.33 Å². The largest absolute Gasteiger partial charge is 0.299 e. The summed E-state index contributed by atoms with van der Waals surface area (Å²) in [6.07, 6.45) is 1.75. The standard InChI is InChI=1S/C21H16N4O2/c26-20(15-6-2-1-3-7-15)23-24-21(27)16-10-12-17(13-11-16)25-14-22-18-8-4-5-9-19(18)25/h1-14H,(H,23,26)(H,24,27). The average molecular weight is 356 g/mol. The predicted molar refractivity (Wildman–Crippen MR) is 102 cm³/mol. The second kappa shape index (κ2) is 7.13. The van der Waals surface area contributed by atoms with Gasteiger partial charge in [0.15, 0.2) is 0 Å². The van der Waals surface area contributed by atoms with E-state index in [1.165, 1.54) is 0 Å². The van der Waals surface area contributed by atoms with Gasteiger partial charge in [0, 0.05) is 16.8 Å². The molecule has 0 saturated heterocycles. The van der Waals surface area contributed by atoms with E-state index >= 15 is 0 Å². The van der Waals surface area contributed by atoms with E-state index in [1.54, 1.807) is 42.7 Å². The van der Waals surface area contributed by atoms with Crippen molar-refractivity contribution in [3.05, 3.63) is 96.3 Å². The van der Waals surface area contributed by atoms with Gasteiger partial charge in [-0.05, 0) is 48.5 Å². The highest BCUT2D eigenvalue weighted by Crippen LogP contribution is 2.18. The third-order valence-corrected chi connectivity index (χ3v) is 4.19. The molecule has 6 heteroatoms. The Labute approximate surface area is 155 Å². The summed E-state index contributed by atoms with van der Waals surface area (Å²) in [6.45, 7) is 0. The first-order valence-corrected chi connectivity index (χ1v) is 8.40. The highest BCUT2D eigenvalue weighted by atomic mass is 16.2. The summed E-state index contributed by atoms with van der Waals surface area (Å²) in [7, 11) is 0. The number of rotatable bonds is 3. The van der Waals surface area contributed by atoms with E-state index in [0.717, 1.165) is 16.7 Å². The number of amides is 2. The van der Waals surface area contributed by atoms with E-state index in [9.17, 15) is 9.59 Å². The number of benzene rings is 3. The van der Waals surface area contributed by atoms with Crippen LogP contribution in [-0.2, 0) is 0 Å². The minimum Gasteiger partial charge on any atom is -0.299 e. The molecule has 0 atom stereocenters. The molecule has 2 N–H and O–H groups in total. The zero-order valence-corrected chi connectivity index (χ0v) is 14.3. The van der Waals surface area contributed by atoms with Crippen molar-refractivity contribution in [3.63, 3.8) is 0 Å². The van der Waals surface area contributed by atoms with Gasteiger partial charge < -0.3 is 0 Å². The normalized spacial score (nSPS) is 10.5. The molecule has 132 valence electrons. The fraction of sp³-hybridized carbons (Fsp3) is 0. The minimum atomic E-state index is -0.388. The third-order valence-electron chi connectivity index (χ3n) is 4.19. The second-order valence-corrected chi connectivity index (χ2v) is 5.92. The van der Waals surface area contributed by atoms with Crippen molar-refractivity contribution in [1.82, 2.24) is 20.4 Å². The molecule has 0 bridgehead atoms. The van der Waals surface area contributed by atoms with Crippen molar-refractivity contribution in [2.45, 2.75) is 0 Å². The smallest absolute Gasteiger partial charge is 0.269 e. The molecule has 0 unspecified atom stereocenters. The molecular formula is C21H16N4O2. The summed E-state index contributed by atoms with van der Waals surface area (Å²) in [5.74, 6) is -0.758. The Balaban J connectivity index is 1.46. The van der Waals surface area contributed by atoms with Gasteiger partial charge in [-0.2, -0.15) is 0 Å². The molecule has 0 saturated carbocycles. The molecular weight excluding hydrogens is 340 g/mol. The first-order chi connectivity index (χ1) is 13.2. The zero-order valence-electron chi connectivity index (χ0n) is 14.3.